The molecule has 0 bridgehead atoms. The fraction of sp³-hybridized carbons (Fsp3) is 0.0556. The molecule has 0 atom stereocenters. The molecule has 0 saturated heterocycles. The zero-order valence-electron chi connectivity index (χ0n) is 23.5. The average molecular weight is 610 g/mol. The quantitative estimate of drug-likeness (QED) is 0.196. The number of rotatable bonds is 7. The predicted octanol–water partition coefficient (Wildman–Crippen LogP) is 9.78. The molecule has 0 aromatic heterocycles. The average Bonchev–Trinajstić information content (AvgIpc) is 3.04. The molecule has 6 aromatic carbocycles. The van der Waals surface area contributed by atoms with Crippen LogP contribution in [-0.4, -0.2) is 21.0 Å². The van der Waals surface area contributed by atoms with Gasteiger partial charge in [0.1, 0.15) is 5.75 Å². The van der Waals surface area contributed by atoms with Gasteiger partial charge >= 0.3 is 15.5 Å². The first kappa shape index (κ1) is 29.0. The Labute approximate surface area is 253 Å². The fourth-order valence-electron chi connectivity index (χ4n) is 5.62. The molecule has 8 heteroatoms. The van der Waals surface area contributed by atoms with Crippen molar-refractivity contribution >= 4 is 26.5 Å². The van der Waals surface area contributed by atoms with E-state index in [4.69, 9.17) is 4.74 Å². The number of hydrogen-bond acceptors (Lipinski definition) is 3. The first-order valence-corrected chi connectivity index (χ1v) is 15.2. The van der Waals surface area contributed by atoms with E-state index in [-0.39, 0.29) is 11.1 Å². The lowest BCUT2D eigenvalue weighted by Gasteiger charge is -2.27. The van der Waals surface area contributed by atoms with Crippen molar-refractivity contribution in [2.24, 2.45) is 0 Å². The molecular weight excluding hydrogens is 583 g/mol. The Morgan fingerprint density at radius 3 is 1.25 bits per heavy atom. The van der Waals surface area contributed by atoms with Crippen LogP contribution in [0.2, 0.25) is 0 Å². The summed E-state index contributed by atoms with van der Waals surface area (Å²) in [5.41, 5.74) is 0.199. The first-order chi connectivity index (χ1) is 21.2. The van der Waals surface area contributed by atoms with Crippen LogP contribution in [0.15, 0.2) is 133 Å². The second kappa shape index (κ2) is 11.5. The number of alkyl halides is 3. The van der Waals surface area contributed by atoms with Crippen LogP contribution < -0.4 is 9.46 Å². The number of methoxy groups -OCH3 is 1. The fourth-order valence-corrected chi connectivity index (χ4v) is 6.20. The van der Waals surface area contributed by atoms with E-state index in [1.165, 1.54) is 19.2 Å². The Balaban J connectivity index is 1.95. The van der Waals surface area contributed by atoms with Gasteiger partial charge in [-0.3, -0.25) is 4.72 Å². The first-order valence-electron chi connectivity index (χ1n) is 13.7. The van der Waals surface area contributed by atoms with Gasteiger partial charge in [0.25, 0.3) is 0 Å². The number of sulfonamides is 1. The number of benzene rings is 6. The predicted molar refractivity (Wildman–Crippen MR) is 171 cm³/mol. The van der Waals surface area contributed by atoms with Gasteiger partial charge in [0.05, 0.1) is 12.8 Å². The number of ether oxygens (including phenoxy) is 1. The van der Waals surface area contributed by atoms with E-state index in [9.17, 15) is 21.6 Å². The van der Waals surface area contributed by atoms with Crippen molar-refractivity contribution in [3.05, 3.63) is 133 Å². The highest BCUT2D eigenvalue weighted by Crippen LogP contribution is 2.54. The smallest absolute Gasteiger partial charge is 0.496 e. The third-order valence-electron chi connectivity index (χ3n) is 7.44. The summed E-state index contributed by atoms with van der Waals surface area (Å²) in [6.07, 6.45) is 0. The van der Waals surface area contributed by atoms with Crippen LogP contribution in [0.5, 0.6) is 5.75 Å². The SMILES string of the molecule is COc1ccc(NS(=O)(=O)C(F)(F)F)c2c(-c3ccccc3)c(-c3ccccc3)c(-c3ccccc3)c(-c3ccccc3)c12. The van der Waals surface area contributed by atoms with E-state index >= 15 is 0 Å². The van der Waals surface area contributed by atoms with Crippen molar-refractivity contribution in [2.75, 3.05) is 11.8 Å². The molecule has 0 aliphatic carbocycles. The molecule has 0 radical (unpaired) electrons. The topological polar surface area (TPSA) is 55.4 Å². The normalized spacial score (nSPS) is 11.8. The van der Waals surface area contributed by atoms with E-state index < -0.39 is 15.5 Å². The second-order valence-corrected chi connectivity index (χ2v) is 11.8. The number of nitrogens with one attached hydrogen (secondary N) is 1. The summed E-state index contributed by atoms with van der Waals surface area (Å²) in [4.78, 5) is 0. The molecule has 6 aromatic rings. The Morgan fingerprint density at radius 1 is 0.523 bits per heavy atom. The second-order valence-electron chi connectivity index (χ2n) is 10.1. The Kier molecular flexibility index (Phi) is 7.61. The largest absolute Gasteiger partial charge is 0.516 e. The van der Waals surface area contributed by atoms with Crippen molar-refractivity contribution in [3.63, 3.8) is 0 Å². The van der Waals surface area contributed by atoms with Crippen molar-refractivity contribution in [1.82, 2.24) is 0 Å². The van der Waals surface area contributed by atoms with Crippen molar-refractivity contribution in [1.29, 1.82) is 0 Å². The maximum atomic E-state index is 13.8. The highest BCUT2D eigenvalue weighted by molar-refractivity contribution is 7.93. The van der Waals surface area contributed by atoms with Crippen LogP contribution in [0.1, 0.15) is 0 Å². The van der Waals surface area contributed by atoms with Gasteiger partial charge in [-0.05, 0) is 45.5 Å². The molecule has 6 rings (SSSR count). The molecule has 0 heterocycles. The summed E-state index contributed by atoms with van der Waals surface area (Å²) in [6, 6.07) is 40.8. The van der Waals surface area contributed by atoms with E-state index in [0.717, 1.165) is 27.8 Å². The molecular formula is C36H26F3NO3S. The minimum Gasteiger partial charge on any atom is -0.496 e. The summed E-state index contributed by atoms with van der Waals surface area (Å²) in [5, 5.41) is 0.749. The molecule has 0 spiro atoms. The Morgan fingerprint density at radius 2 is 0.886 bits per heavy atom. The van der Waals surface area contributed by atoms with Gasteiger partial charge in [-0.1, -0.05) is 121 Å². The third-order valence-corrected chi connectivity index (χ3v) is 8.53. The number of hydrogen-bond donors (Lipinski definition) is 1. The maximum absolute atomic E-state index is 13.8. The molecule has 0 unspecified atom stereocenters. The lowest BCUT2D eigenvalue weighted by atomic mass is 9.78. The van der Waals surface area contributed by atoms with Crippen LogP contribution in [0, 0.1) is 0 Å². The van der Waals surface area contributed by atoms with Crippen LogP contribution in [-0.2, 0) is 10.0 Å². The number of anilines is 1. The van der Waals surface area contributed by atoms with Gasteiger partial charge in [-0.2, -0.15) is 21.6 Å². The van der Waals surface area contributed by atoms with Gasteiger partial charge in [-0.25, -0.2) is 0 Å². The lowest BCUT2D eigenvalue weighted by Crippen LogP contribution is -2.30. The summed E-state index contributed by atoms with van der Waals surface area (Å²) in [6.45, 7) is 0. The molecule has 0 saturated carbocycles. The molecule has 0 amide bonds. The monoisotopic (exact) mass is 609 g/mol. The van der Waals surface area contributed by atoms with Gasteiger partial charge in [0.2, 0.25) is 0 Å². The molecule has 0 fully saturated rings. The van der Waals surface area contributed by atoms with Crippen molar-refractivity contribution < 1.29 is 26.3 Å². The van der Waals surface area contributed by atoms with Crippen LogP contribution in [0.4, 0.5) is 18.9 Å². The molecule has 44 heavy (non-hydrogen) atoms. The summed E-state index contributed by atoms with van der Waals surface area (Å²) in [7, 11) is -4.28. The lowest BCUT2D eigenvalue weighted by molar-refractivity contribution is -0.0429. The molecule has 0 aliphatic rings. The Bertz CT molecular complexity index is 2050. The molecule has 1 N–H and O–H groups in total. The van der Waals surface area contributed by atoms with E-state index in [2.05, 4.69) is 0 Å². The highest BCUT2D eigenvalue weighted by atomic mass is 32.2. The van der Waals surface area contributed by atoms with Crippen LogP contribution in [0.25, 0.3) is 55.3 Å². The van der Waals surface area contributed by atoms with Crippen LogP contribution in [0.3, 0.4) is 0 Å². The number of fused-ring (bicyclic) bond motifs is 1. The maximum Gasteiger partial charge on any atom is 0.516 e. The van der Waals surface area contributed by atoms with Gasteiger partial charge in [-0.15, -0.1) is 0 Å². The summed E-state index contributed by atoms with van der Waals surface area (Å²) in [5.74, 6) is 0.378. The minimum atomic E-state index is -5.77. The van der Waals surface area contributed by atoms with E-state index in [1.54, 1.807) is 0 Å². The zero-order valence-corrected chi connectivity index (χ0v) is 24.3. The highest BCUT2D eigenvalue weighted by Gasteiger charge is 2.46. The third kappa shape index (κ3) is 5.18. The molecule has 4 nitrogen and oxygen atoms in total. The standard InChI is InChI=1S/C36H26F3NO3S/c1-43-29-23-22-28(40-44(41,42)36(37,38)39)34-32(26-18-10-4-11-19-26)30(24-14-6-2-7-15-24)31(25-16-8-3-9-17-25)33(35(29)34)27-20-12-5-13-21-27/h2-23,40H,1H3. The zero-order chi connectivity index (χ0) is 30.9. The van der Waals surface area contributed by atoms with E-state index in [1.807, 2.05) is 126 Å². The Hall–Kier alpha value is -5.08. The van der Waals surface area contributed by atoms with Gasteiger partial charge in [0, 0.05) is 21.9 Å². The van der Waals surface area contributed by atoms with E-state index in [0.29, 0.717) is 27.8 Å². The summed E-state index contributed by atoms with van der Waals surface area (Å²) >= 11 is 0. The van der Waals surface area contributed by atoms with Gasteiger partial charge in [0.15, 0.2) is 0 Å². The van der Waals surface area contributed by atoms with Crippen LogP contribution >= 0.6 is 0 Å². The van der Waals surface area contributed by atoms with Crippen molar-refractivity contribution in [3.8, 4) is 50.3 Å². The molecule has 220 valence electrons. The molecule has 0 aliphatic heterocycles. The summed E-state index contributed by atoms with van der Waals surface area (Å²) < 4.78 is 74.3. The van der Waals surface area contributed by atoms with Crippen molar-refractivity contribution in [2.45, 2.75) is 5.51 Å². The number of halogens is 3. The van der Waals surface area contributed by atoms with Gasteiger partial charge < -0.3 is 4.74 Å². The minimum absolute atomic E-state index is 0.217.